The molecule has 2 nitrogen and oxygen atoms in total. The predicted molar refractivity (Wildman–Crippen MR) is 150 cm³/mol. The Morgan fingerprint density at radius 1 is 0.382 bits per heavy atom. The molecule has 198 valence electrons. The molecule has 0 bridgehead atoms. The lowest BCUT2D eigenvalue weighted by molar-refractivity contribution is 0.258. The molecule has 0 aliphatic heterocycles. The molecule has 1 aromatic carbocycles. The maximum atomic E-state index is 6.05. The van der Waals surface area contributed by atoms with Gasteiger partial charge in [0.25, 0.3) is 0 Å². The summed E-state index contributed by atoms with van der Waals surface area (Å²) in [5.74, 6) is 1.83. The van der Waals surface area contributed by atoms with E-state index >= 15 is 0 Å². The largest absolute Gasteiger partial charge is 0.490 e. The number of hydrogen-bond donors (Lipinski definition) is 0. The molecule has 0 N–H and O–H groups in total. The summed E-state index contributed by atoms with van der Waals surface area (Å²) in [7, 11) is 0. The van der Waals surface area contributed by atoms with Crippen molar-refractivity contribution in [1.29, 1.82) is 0 Å². The molecule has 0 saturated carbocycles. The normalized spacial score (nSPS) is 11.1. The zero-order valence-electron chi connectivity index (χ0n) is 23.1. The van der Waals surface area contributed by atoms with Gasteiger partial charge in [0.15, 0.2) is 11.5 Å². The minimum absolute atomic E-state index is 0.801. The van der Waals surface area contributed by atoms with E-state index in [1.165, 1.54) is 128 Å². The maximum absolute atomic E-state index is 6.05. The summed E-state index contributed by atoms with van der Waals surface area (Å²) >= 11 is 0. The first kappa shape index (κ1) is 30.9. The second kappa shape index (κ2) is 24.9. The van der Waals surface area contributed by atoms with E-state index in [4.69, 9.17) is 9.47 Å². The minimum atomic E-state index is 0.801. The number of hydrogen-bond acceptors (Lipinski definition) is 2. The van der Waals surface area contributed by atoms with Crippen LogP contribution in [0.3, 0.4) is 0 Å². The van der Waals surface area contributed by atoms with Crippen molar-refractivity contribution >= 4 is 0 Å². The number of ether oxygens (including phenoxy) is 2. The van der Waals surface area contributed by atoms with Gasteiger partial charge in [0, 0.05) is 0 Å². The standard InChI is InChI=1S/C32H58O2/c1-3-5-7-9-11-13-15-17-19-21-25-29-33-31-27-23-24-28-32(31)34-30-26-22-20-18-16-14-12-10-8-6-4-2/h23-24,27-28H,3-22,25-26,29-30H2,1-2H3. The molecule has 0 unspecified atom stereocenters. The summed E-state index contributed by atoms with van der Waals surface area (Å²) in [4.78, 5) is 0. The van der Waals surface area contributed by atoms with E-state index in [0.29, 0.717) is 0 Å². The van der Waals surface area contributed by atoms with Crippen molar-refractivity contribution in [2.45, 2.75) is 155 Å². The van der Waals surface area contributed by atoms with Gasteiger partial charge in [0.1, 0.15) is 0 Å². The molecular weight excluding hydrogens is 416 g/mol. The van der Waals surface area contributed by atoms with Crippen LogP contribution in [0.25, 0.3) is 0 Å². The van der Waals surface area contributed by atoms with E-state index in [0.717, 1.165) is 37.6 Å². The summed E-state index contributed by atoms with van der Waals surface area (Å²) in [6.45, 7) is 6.18. The minimum Gasteiger partial charge on any atom is -0.490 e. The van der Waals surface area contributed by atoms with Gasteiger partial charge < -0.3 is 9.47 Å². The van der Waals surface area contributed by atoms with E-state index in [9.17, 15) is 0 Å². The van der Waals surface area contributed by atoms with Crippen LogP contribution in [0, 0.1) is 0 Å². The molecule has 0 atom stereocenters. The predicted octanol–water partition coefficient (Wildman–Crippen LogP) is 11.1. The fourth-order valence-corrected chi connectivity index (χ4v) is 4.59. The first-order chi connectivity index (χ1) is 16.9. The van der Waals surface area contributed by atoms with E-state index in [1.54, 1.807) is 0 Å². The average Bonchev–Trinajstić information content (AvgIpc) is 2.86. The van der Waals surface area contributed by atoms with Crippen molar-refractivity contribution < 1.29 is 9.47 Å². The molecule has 0 radical (unpaired) electrons. The van der Waals surface area contributed by atoms with Crippen LogP contribution in [0.15, 0.2) is 24.3 Å². The Balaban J connectivity index is 1.96. The molecule has 0 amide bonds. The quantitative estimate of drug-likeness (QED) is 0.124. The summed E-state index contributed by atoms with van der Waals surface area (Å²) in [5.41, 5.74) is 0. The van der Waals surface area contributed by atoms with Gasteiger partial charge in [0.2, 0.25) is 0 Å². The second-order valence-electron chi connectivity index (χ2n) is 10.2. The van der Waals surface area contributed by atoms with Crippen molar-refractivity contribution in [1.82, 2.24) is 0 Å². The molecule has 0 heterocycles. The molecule has 1 aromatic rings. The average molecular weight is 475 g/mol. The summed E-state index contributed by atoms with van der Waals surface area (Å²) < 4.78 is 12.1. The van der Waals surface area contributed by atoms with Gasteiger partial charge in [-0.3, -0.25) is 0 Å². The molecule has 0 saturated heterocycles. The summed E-state index contributed by atoms with van der Waals surface area (Å²) in [6, 6.07) is 8.19. The Morgan fingerprint density at radius 2 is 0.647 bits per heavy atom. The molecule has 0 fully saturated rings. The summed E-state index contributed by atoms with van der Waals surface area (Å²) in [6.07, 6.45) is 30.0. The van der Waals surface area contributed by atoms with Gasteiger partial charge in [-0.1, -0.05) is 154 Å². The van der Waals surface area contributed by atoms with Gasteiger partial charge in [-0.15, -0.1) is 0 Å². The van der Waals surface area contributed by atoms with E-state index in [2.05, 4.69) is 13.8 Å². The van der Waals surface area contributed by atoms with Gasteiger partial charge in [-0.05, 0) is 25.0 Å². The first-order valence-electron chi connectivity index (χ1n) is 15.2. The zero-order chi connectivity index (χ0) is 24.4. The van der Waals surface area contributed by atoms with E-state index in [-0.39, 0.29) is 0 Å². The number of unbranched alkanes of at least 4 members (excludes halogenated alkanes) is 20. The highest BCUT2D eigenvalue weighted by atomic mass is 16.5. The van der Waals surface area contributed by atoms with E-state index < -0.39 is 0 Å². The fourth-order valence-electron chi connectivity index (χ4n) is 4.59. The van der Waals surface area contributed by atoms with Crippen molar-refractivity contribution in [2.75, 3.05) is 13.2 Å². The Labute approximate surface area is 213 Å². The Morgan fingerprint density at radius 3 is 0.941 bits per heavy atom. The highest BCUT2D eigenvalue weighted by molar-refractivity contribution is 5.39. The van der Waals surface area contributed by atoms with Crippen LogP contribution in [0.5, 0.6) is 11.5 Å². The molecule has 1 rings (SSSR count). The van der Waals surface area contributed by atoms with Crippen LogP contribution in [-0.2, 0) is 0 Å². The van der Waals surface area contributed by atoms with Crippen LogP contribution in [0.4, 0.5) is 0 Å². The van der Waals surface area contributed by atoms with Gasteiger partial charge in [-0.2, -0.15) is 0 Å². The van der Waals surface area contributed by atoms with Crippen LogP contribution < -0.4 is 9.47 Å². The van der Waals surface area contributed by atoms with Crippen LogP contribution in [0.1, 0.15) is 155 Å². The smallest absolute Gasteiger partial charge is 0.161 e. The third-order valence-electron chi connectivity index (χ3n) is 6.86. The number of rotatable bonds is 26. The summed E-state index contributed by atoms with van der Waals surface area (Å²) in [5, 5.41) is 0. The Kier molecular flexibility index (Phi) is 22.6. The van der Waals surface area contributed by atoms with Crippen molar-refractivity contribution in [3.63, 3.8) is 0 Å². The zero-order valence-corrected chi connectivity index (χ0v) is 23.1. The monoisotopic (exact) mass is 474 g/mol. The fraction of sp³-hybridized carbons (Fsp3) is 0.812. The first-order valence-corrected chi connectivity index (χ1v) is 15.2. The topological polar surface area (TPSA) is 18.5 Å². The molecule has 0 aromatic heterocycles. The van der Waals surface area contributed by atoms with Gasteiger partial charge in [0.05, 0.1) is 13.2 Å². The number of para-hydroxylation sites is 2. The molecule has 2 heteroatoms. The van der Waals surface area contributed by atoms with Crippen LogP contribution in [-0.4, -0.2) is 13.2 Å². The Bertz CT molecular complexity index is 480. The van der Waals surface area contributed by atoms with Gasteiger partial charge >= 0.3 is 0 Å². The van der Waals surface area contributed by atoms with Gasteiger partial charge in [-0.25, -0.2) is 0 Å². The molecule has 0 spiro atoms. The van der Waals surface area contributed by atoms with Crippen molar-refractivity contribution in [2.24, 2.45) is 0 Å². The SMILES string of the molecule is CCCCCCCCCCCCCOc1ccccc1OCCCCCCCCCCCCC. The molecule has 34 heavy (non-hydrogen) atoms. The second-order valence-corrected chi connectivity index (χ2v) is 10.2. The highest BCUT2D eigenvalue weighted by Crippen LogP contribution is 2.27. The van der Waals surface area contributed by atoms with E-state index in [1.807, 2.05) is 24.3 Å². The lowest BCUT2D eigenvalue weighted by Crippen LogP contribution is -2.02. The molecule has 0 aliphatic rings. The van der Waals surface area contributed by atoms with Crippen LogP contribution in [0.2, 0.25) is 0 Å². The lowest BCUT2D eigenvalue weighted by Gasteiger charge is -2.12. The third-order valence-corrected chi connectivity index (χ3v) is 6.86. The highest BCUT2D eigenvalue weighted by Gasteiger charge is 2.04. The molecule has 0 aliphatic carbocycles. The Hall–Kier alpha value is -1.18. The van der Waals surface area contributed by atoms with Crippen molar-refractivity contribution in [3.05, 3.63) is 24.3 Å². The third kappa shape index (κ3) is 19.2. The lowest BCUT2D eigenvalue weighted by atomic mass is 10.1. The number of benzene rings is 1. The van der Waals surface area contributed by atoms with Crippen molar-refractivity contribution in [3.8, 4) is 11.5 Å². The molecular formula is C32H58O2. The van der Waals surface area contributed by atoms with Crippen LogP contribution >= 0.6 is 0 Å². The maximum Gasteiger partial charge on any atom is 0.161 e.